The Labute approximate surface area is 436 Å². The molecule has 15 nitrogen and oxygen atoms in total. The lowest BCUT2D eigenvalue weighted by Crippen LogP contribution is -2.61. The largest absolute Gasteiger partial charge is 0.375 e. The number of aromatic nitrogens is 2. The van der Waals surface area contributed by atoms with Gasteiger partial charge in [0.15, 0.2) is 0 Å². The van der Waals surface area contributed by atoms with Crippen molar-refractivity contribution in [3.05, 3.63) is 111 Å². The molecular formula is C58H70F2N8O7. The summed E-state index contributed by atoms with van der Waals surface area (Å²) in [4.78, 5) is 90.3. The van der Waals surface area contributed by atoms with Crippen LogP contribution in [0.4, 0.5) is 8.78 Å². The number of rotatable bonds is 13. The van der Waals surface area contributed by atoms with Gasteiger partial charge in [0.2, 0.25) is 17.7 Å². The first-order chi connectivity index (χ1) is 36.4. The molecule has 3 aromatic carbocycles. The lowest BCUT2D eigenvalue weighted by molar-refractivity contribution is -0.177. The molecule has 398 valence electrons. The van der Waals surface area contributed by atoms with Crippen LogP contribution in [0.5, 0.6) is 0 Å². The minimum atomic E-state index is -0.739. The summed E-state index contributed by atoms with van der Waals surface area (Å²) in [6, 6.07) is 15.9. The van der Waals surface area contributed by atoms with E-state index in [2.05, 4.69) is 20.4 Å². The molecule has 0 radical (unpaired) electrons. The van der Waals surface area contributed by atoms with Gasteiger partial charge in [0.05, 0.1) is 46.4 Å². The van der Waals surface area contributed by atoms with Crippen LogP contribution in [0, 0.1) is 28.9 Å². The fraction of sp³-hybridized carbons (Fsp3) is 0.569. The Bertz CT molecular complexity index is 2840. The first-order valence-electron chi connectivity index (χ1n) is 27.8. The van der Waals surface area contributed by atoms with Gasteiger partial charge < -0.3 is 29.7 Å². The molecule has 5 heterocycles. The number of ether oxygens (including phenoxy) is 1. The highest BCUT2D eigenvalue weighted by Gasteiger charge is 2.62. The molecule has 1 atom stereocenters. The highest BCUT2D eigenvalue weighted by atomic mass is 19.1. The van der Waals surface area contributed by atoms with Crippen molar-refractivity contribution in [2.45, 2.75) is 120 Å². The van der Waals surface area contributed by atoms with Gasteiger partial charge in [-0.25, -0.2) is 13.9 Å². The van der Waals surface area contributed by atoms with E-state index in [1.54, 1.807) is 46.2 Å². The van der Waals surface area contributed by atoms with Gasteiger partial charge in [-0.1, -0.05) is 55.7 Å². The number of hydrogen-bond donors (Lipinski definition) is 2. The van der Waals surface area contributed by atoms with Crippen molar-refractivity contribution in [3.63, 3.8) is 0 Å². The zero-order chi connectivity index (χ0) is 51.8. The van der Waals surface area contributed by atoms with Crippen molar-refractivity contribution in [3.8, 4) is 0 Å². The van der Waals surface area contributed by atoms with Crippen LogP contribution < -0.4 is 10.9 Å². The monoisotopic (exact) mass is 1030 g/mol. The molecule has 8 fully saturated rings. The average Bonchev–Trinajstić information content (AvgIpc) is 3.41. The van der Waals surface area contributed by atoms with Crippen molar-refractivity contribution in [2.24, 2.45) is 17.3 Å². The van der Waals surface area contributed by atoms with Gasteiger partial charge in [-0.3, -0.25) is 33.7 Å². The van der Waals surface area contributed by atoms with Crippen LogP contribution in [-0.4, -0.2) is 154 Å². The molecule has 0 spiro atoms. The number of halogens is 2. The van der Waals surface area contributed by atoms with E-state index in [1.807, 2.05) is 21.9 Å². The summed E-state index contributed by atoms with van der Waals surface area (Å²) in [6.45, 7) is 5.20. The Morgan fingerprint density at radius 2 is 1.35 bits per heavy atom. The molecule has 12 rings (SSSR count). The van der Waals surface area contributed by atoms with Gasteiger partial charge in [-0.05, 0) is 124 Å². The third kappa shape index (κ3) is 10.7. The zero-order valence-electron chi connectivity index (χ0n) is 42.9. The van der Waals surface area contributed by atoms with E-state index < -0.39 is 29.5 Å². The molecule has 0 unspecified atom stereocenters. The summed E-state index contributed by atoms with van der Waals surface area (Å²) in [6.07, 6.45) is 12.3. The molecule has 8 aliphatic rings. The summed E-state index contributed by atoms with van der Waals surface area (Å²) in [7, 11) is 0. The number of H-pyrrole nitrogens is 1. The number of carbonyl (C=O) groups excluding carboxylic acids is 5. The van der Waals surface area contributed by atoms with Gasteiger partial charge in [-0.15, -0.1) is 0 Å². The van der Waals surface area contributed by atoms with E-state index in [4.69, 9.17) is 4.74 Å². The number of nitrogens with one attached hydrogen (secondary N) is 2. The van der Waals surface area contributed by atoms with Crippen LogP contribution in [0.3, 0.4) is 0 Å². The number of fused-ring (bicyclic) bond motifs is 1. The Morgan fingerprint density at radius 3 is 2.03 bits per heavy atom. The van der Waals surface area contributed by atoms with Crippen molar-refractivity contribution < 1.29 is 37.5 Å². The van der Waals surface area contributed by atoms with Crippen LogP contribution >= 0.6 is 0 Å². The molecule has 4 aliphatic heterocycles. The molecule has 75 heavy (non-hydrogen) atoms. The third-order valence-electron chi connectivity index (χ3n) is 18.0. The number of likely N-dealkylation sites (tertiary alicyclic amines) is 3. The molecule has 4 aliphatic carbocycles. The highest BCUT2D eigenvalue weighted by Crippen LogP contribution is 2.65. The first kappa shape index (κ1) is 51.1. The summed E-state index contributed by atoms with van der Waals surface area (Å²) in [5, 5.41) is 11.0. The topological polar surface area (TPSA) is 169 Å². The Hall–Kier alpha value is -6.07. The van der Waals surface area contributed by atoms with Gasteiger partial charge in [-0.2, -0.15) is 5.10 Å². The number of piperidine rings is 3. The standard InChI is InChI=1S/C58H70F2N8O7/c59-48-14-13-37(32-49-44-9-4-5-10-45(44)54(71)63-62-49)31-47(48)55(72)67-29-27-65(28-30-67)50(69)36-64-21-17-41(18-22-64)75-42-19-25-66(26-20-42)56(73)52(40-7-2-1-3-8-40)61-53(70)46-12-6-11-43(51(46)60)39-15-23-68(24-16-39)57(74)58-33-38(34-58)35-58/h4-6,9-14,31,38-42,52H,1-3,7-8,15-30,32-36H2,(H,61,70)(H,63,71)/t38?,52-,58?/m1/s1. The van der Waals surface area contributed by atoms with Crippen molar-refractivity contribution in [1.82, 2.24) is 40.0 Å². The average molecular weight is 1030 g/mol. The van der Waals surface area contributed by atoms with E-state index >= 15 is 8.78 Å². The molecule has 4 saturated carbocycles. The van der Waals surface area contributed by atoms with Gasteiger partial charge in [0.1, 0.15) is 17.7 Å². The first-order valence-corrected chi connectivity index (χ1v) is 27.8. The normalized spacial score (nSPS) is 23.6. The second-order valence-electron chi connectivity index (χ2n) is 22.7. The van der Waals surface area contributed by atoms with Crippen LogP contribution in [0.1, 0.15) is 133 Å². The van der Waals surface area contributed by atoms with E-state index in [0.717, 1.165) is 70.1 Å². The molecule has 2 N–H and O–H groups in total. The van der Waals surface area contributed by atoms with Crippen LogP contribution in [0.15, 0.2) is 65.5 Å². The van der Waals surface area contributed by atoms with Gasteiger partial charge >= 0.3 is 0 Å². The van der Waals surface area contributed by atoms with Crippen LogP contribution in [-0.2, 0) is 25.5 Å². The molecule has 4 saturated heterocycles. The van der Waals surface area contributed by atoms with Crippen molar-refractivity contribution in [2.75, 3.05) is 72.0 Å². The lowest BCUT2D eigenvalue weighted by atomic mass is 9.44. The second kappa shape index (κ2) is 21.9. The van der Waals surface area contributed by atoms with Crippen molar-refractivity contribution >= 4 is 40.3 Å². The maximum atomic E-state index is 16.3. The van der Waals surface area contributed by atoms with Gasteiger partial charge in [0.25, 0.3) is 17.4 Å². The van der Waals surface area contributed by atoms with Crippen molar-refractivity contribution in [1.29, 1.82) is 0 Å². The SMILES string of the molecule is O=C(N[C@@H](C(=O)N1CCC(OC2CCN(CC(=O)N3CCN(C(=O)c4cc(Cc5n[nH]c(=O)c6ccccc56)ccc4F)CC3)CC2)CC1)C1CCCCC1)c1cccc(C2CCN(C(=O)C34CC(C3)C4)CC2)c1F. The maximum absolute atomic E-state index is 16.3. The molecule has 5 amide bonds. The van der Waals surface area contributed by atoms with E-state index in [9.17, 15) is 28.8 Å². The quantitative estimate of drug-likeness (QED) is 0.153. The van der Waals surface area contributed by atoms with Crippen LogP contribution in [0.25, 0.3) is 10.8 Å². The third-order valence-corrected chi connectivity index (χ3v) is 18.0. The summed E-state index contributed by atoms with van der Waals surface area (Å²) >= 11 is 0. The highest BCUT2D eigenvalue weighted by molar-refractivity contribution is 5.98. The number of hydrogen-bond acceptors (Lipinski definition) is 9. The van der Waals surface area contributed by atoms with Gasteiger partial charge in [0, 0.05) is 77.3 Å². The van der Waals surface area contributed by atoms with E-state index in [1.165, 1.54) is 12.1 Å². The predicted molar refractivity (Wildman–Crippen MR) is 277 cm³/mol. The molecule has 4 aromatic rings. The van der Waals surface area contributed by atoms with E-state index in [-0.39, 0.29) is 83.5 Å². The number of aromatic amines is 1. The van der Waals surface area contributed by atoms with Crippen LogP contribution in [0.2, 0.25) is 0 Å². The number of piperazine rings is 1. The summed E-state index contributed by atoms with van der Waals surface area (Å²) < 4.78 is 38.1. The fourth-order valence-electron chi connectivity index (χ4n) is 13.4. The summed E-state index contributed by atoms with van der Waals surface area (Å²) in [5.41, 5.74) is 1.33. The number of amides is 5. The predicted octanol–water partition coefficient (Wildman–Crippen LogP) is 6.43. The molecular weight excluding hydrogens is 959 g/mol. The second-order valence-corrected chi connectivity index (χ2v) is 22.7. The molecule has 2 bridgehead atoms. The zero-order valence-corrected chi connectivity index (χ0v) is 42.9. The minimum Gasteiger partial charge on any atom is -0.375 e. The minimum absolute atomic E-state index is 0.00537. The number of nitrogens with zero attached hydrogens (tertiary/aromatic N) is 6. The number of carbonyl (C=O) groups is 5. The maximum Gasteiger partial charge on any atom is 0.272 e. The molecule has 17 heteroatoms. The molecule has 1 aromatic heterocycles. The fourth-order valence-corrected chi connectivity index (χ4v) is 13.4. The smallest absolute Gasteiger partial charge is 0.272 e. The Balaban J connectivity index is 0.616. The number of benzene rings is 3. The Kier molecular flexibility index (Phi) is 14.9. The van der Waals surface area contributed by atoms with E-state index in [0.29, 0.717) is 112 Å². The lowest BCUT2D eigenvalue weighted by Gasteiger charge is -2.61. The Morgan fingerprint density at radius 1 is 0.693 bits per heavy atom. The summed E-state index contributed by atoms with van der Waals surface area (Å²) in [5.74, 6) is -1.35.